The van der Waals surface area contributed by atoms with Crippen molar-refractivity contribution < 1.29 is 14.3 Å². The molecule has 1 aliphatic rings. The lowest BCUT2D eigenvalue weighted by Gasteiger charge is -2.26. The van der Waals surface area contributed by atoms with E-state index in [1.165, 1.54) is 0 Å². The highest BCUT2D eigenvalue weighted by atomic mass is 32.2. The molecule has 1 aliphatic heterocycles. The second-order valence-corrected chi connectivity index (χ2v) is 6.67. The second kappa shape index (κ2) is 9.57. The zero-order valence-corrected chi connectivity index (χ0v) is 14.4. The van der Waals surface area contributed by atoms with Gasteiger partial charge in [-0.1, -0.05) is 12.1 Å². The number of nitrogens with one attached hydrogen (secondary N) is 1. The summed E-state index contributed by atoms with van der Waals surface area (Å²) in [5, 5.41) is 2.90. The molecule has 23 heavy (non-hydrogen) atoms. The number of anilines is 1. The first-order chi connectivity index (χ1) is 11.1. The number of nitrogens with zero attached hydrogens (tertiary/aromatic N) is 1. The molecule has 1 aromatic rings. The fourth-order valence-corrected chi connectivity index (χ4v) is 3.19. The van der Waals surface area contributed by atoms with Crippen LogP contribution in [0.2, 0.25) is 0 Å². The molecule has 0 radical (unpaired) electrons. The Balaban J connectivity index is 1.56. The van der Waals surface area contributed by atoms with E-state index in [1.54, 1.807) is 11.8 Å². The standard InChI is InChI=1S/C17H24N2O3S/c1-14-4-2-5-15(12-14)18-16(20)6-3-11-23-13-17(21)19-7-9-22-10-8-19/h2,4-5,12H,3,6-11,13H2,1H3,(H,18,20). The Morgan fingerprint density at radius 3 is 2.83 bits per heavy atom. The van der Waals surface area contributed by atoms with Crippen LogP contribution in [0.4, 0.5) is 5.69 Å². The number of hydrogen-bond donors (Lipinski definition) is 1. The highest BCUT2D eigenvalue weighted by Crippen LogP contribution is 2.12. The second-order valence-electron chi connectivity index (χ2n) is 5.57. The minimum absolute atomic E-state index is 0.0238. The molecule has 2 amide bonds. The maximum Gasteiger partial charge on any atom is 0.232 e. The summed E-state index contributed by atoms with van der Waals surface area (Å²) >= 11 is 1.59. The van der Waals surface area contributed by atoms with E-state index in [1.807, 2.05) is 36.1 Å². The number of morpholine rings is 1. The monoisotopic (exact) mass is 336 g/mol. The number of benzene rings is 1. The lowest BCUT2D eigenvalue weighted by molar-refractivity contribution is -0.132. The third-order valence-electron chi connectivity index (χ3n) is 3.58. The minimum atomic E-state index is 0.0238. The number of amides is 2. The summed E-state index contributed by atoms with van der Waals surface area (Å²) in [6, 6.07) is 7.77. The van der Waals surface area contributed by atoms with Crippen LogP contribution in [-0.4, -0.2) is 54.5 Å². The van der Waals surface area contributed by atoms with Crippen LogP contribution in [0.1, 0.15) is 18.4 Å². The van der Waals surface area contributed by atoms with E-state index in [2.05, 4.69) is 5.32 Å². The van der Waals surface area contributed by atoms with Gasteiger partial charge < -0.3 is 15.0 Å². The van der Waals surface area contributed by atoms with Gasteiger partial charge in [-0.05, 0) is 36.8 Å². The van der Waals surface area contributed by atoms with Crippen molar-refractivity contribution in [2.24, 2.45) is 0 Å². The number of hydrogen-bond acceptors (Lipinski definition) is 4. The molecule has 0 bridgehead atoms. The molecule has 0 spiro atoms. The summed E-state index contributed by atoms with van der Waals surface area (Å²) in [6.07, 6.45) is 1.26. The van der Waals surface area contributed by atoms with E-state index < -0.39 is 0 Å². The molecule has 0 atom stereocenters. The van der Waals surface area contributed by atoms with Crippen molar-refractivity contribution in [3.05, 3.63) is 29.8 Å². The summed E-state index contributed by atoms with van der Waals surface area (Å²) in [4.78, 5) is 25.6. The first-order valence-electron chi connectivity index (χ1n) is 7.95. The minimum Gasteiger partial charge on any atom is -0.378 e. The lowest BCUT2D eigenvalue weighted by Crippen LogP contribution is -2.41. The highest BCUT2D eigenvalue weighted by molar-refractivity contribution is 7.99. The molecule has 1 fully saturated rings. The van der Waals surface area contributed by atoms with Gasteiger partial charge in [-0.15, -0.1) is 0 Å². The third-order valence-corrected chi connectivity index (χ3v) is 4.61. The third kappa shape index (κ3) is 6.62. The Kier molecular flexibility index (Phi) is 7.42. The number of carbonyl (C=O) groups excluding carboxylic acids is 2. The Morgan fingerprint density at radius 1 is 1.30 bits per heavy atom. The number of carbonyl (C=O) groups is 2. The Bertz CT molecular complexity index is 530. The number of aryl methyl sites for hydroxylation is 1. The molecular weight excluding hydrogens is 312 g/mol. The van der Waals surface area contributed by atoms with E-state index in [9.17, 15) is 9.59 Å². The van der Waals surface area contributed by atoms with Gasteiger partial charge in [0, 0.05) is 25.2 Å². The average molecular weight is 336 g/mol. The molecular formula is C17H24N2O3S. The highest BCUT2D eigenvalue weighted by Gasteiger charge is 2.16. The molecule has 2 rings (SSSR count). The van der Waals surface area contributed by atoms with E-state index in [-0.39, 0.29) is 11.8 Å². The van der Waals surface area contributed by atoms with Crippen LogP contribution in [0.5, 0.6) is 0 Å². The van der Waals surface area contributed by atoms with Crippen molar-refractivity contribution in [3.8, 4) is 0 Å². The first kappa shape index (κ1) is 17.8. The molecule has 0 aliphatic carbocycles. The Morgan fingerprint density at radius 2 is 2.09 bits per heavy atom. The van der Waals surface area contributed by atoms with Gasteiger partial charge in [0.2, 0.25) is 11.8 Å². The van der Waals surface area contributed by atoms with Crippen LogP contribution in [0.3, 0.4) is 0 Å². The van der Waals surface area contributed by atoms with Crippen LogP contribution < -0.4 is 5.32 Å². The SMILES string of the molecule is Cc1cccc(NC(=O)CCCSCC(=O)N2CCOCC2)c1. The van der Waals surface area contributed by atoms with Crippen LogP contribution in [0.15, 0.2) is 24.3 Å². The van der Waals surface area contributed by atoms with E-state index in [0.29, 0.717) is 38.5 Å². The average Bonchev–Trinajstić information content (AvgIpc) is 2.55. The summed E-state index contributed by atoms with van der Waals surface area (Å²) in [5.41, 5.74) is 1.96. The summed E-state index contributed by atoms with van der Waals surface area (Å²) in [5.74, 6) is 1.50. The fourth-order valence-electron chi connectivity index (χ4n) is 2.34. The van der Waals surface area contributed by atoms with Crippen LogP contribution >= 0.6 is 11.8 Å². The molecule has 0 saturated carbocycles. The molecule has 126 valence electrons. The quantitative estimate of drug-likeness (QED) is 0.776. The van der Waals surface area contributed by atoms with Crippen molar-refractivity contribution in [1.29, 1.82) is 0 Å². The molecule has 5 nitrogen and oxygen atoms in total. The predicted octanol–water partition coefficient (Wildman–Crippen LogP) is 2.31. The molecule has 6 heteroatoms. The summed E-state index contributed by atoms with van der Waals surface area (Å²) in [6.45, 7) is 4.65. The number of rotatable bonds is 7. The maximum atomic E-state index is 11.9. The van der Waals surface area contributed by atoms with Gasteiger partial charge in [0.05, 0.1) is 19.0 Å². The van der Waals surface area contributed by atoms with Gasteiger partial charge in [0.15, 0.2) is 0 Å². The summed E-state index contributed by atoms with van der Waals surface area (Å²) < 4.78 is 5.23. The van der Waals surface area contributed by atoms with E-state index in [0.717, 1.165) is 23.4 Å². The molecule has 1 aromatic carbocycles. The predicted molar refractivity (Wildman–Crippen MR) is 93.8 cm³/mol. The van der Waals surface area contributed by atoms with Crippen molar-refractivity contribution in [2.45, 2.75) is 19.8 Å². The normalized spacial score (nSPS) is 14.6. The topological polar surface area (TPSA) is 58.6 Å². The molecule has 0 aromatic heterocycles. The van der Waals surface area contributed by atoms with Crippen molar-refractivity contribution in [2.75, 3.05) is 43.1 Å². The van der Waals surface area contributed by atoms with E-state index in [4.69, 9.17) is 4.74 Å². The molecule has 1 N–H and O–H groups in total. The van der Waals surface area contributed by atoms with Gasteiger partial charge in [0.25, 0.3) is 0 Å². The van der Waals surface area contributed by atoms with Gasteiger partial charge in [-0.2, -0.15) is 11.8 Å². The van der Waals surface area contributed by atoms with Gasteiger partial charge in [0.1, 0.15) is 0 Å². The van der Waals surface area contributed by atoms with Crippen molar-refractivity contribution >= 4 is 29.3 Å². The number of thioether (sulfide) groups is 1. The maximum absolute atomic E-state index is 11.9. The van der Waals surface area contributed by atoms with Crippen LogP contribution in [-0.2, 0) is 14.3 Å². The molecule has 1 saturated heterocycles. The smallest absolute Gasteiger partial charge is 0.232 e. The Hall–Kier alpha value is -1.53. The van der Waals surface area contributed by atoms with Crippen LogP contribution in [0, 0.1) is 6.92 Å². The van der Waals surface area contributed by atoms with Crippen molar-refractivity contribution in [3.63, 3.8) is 0 Å². The zero-order valence-electron chi connectivity index (χ0n) is 13.5. The fraction of sp³-hybridized carbons (Fsp3) is 0.529. The van der Waals surface area contributed by atoms with Crippen LogP contribution in [0.25, 0.3) is 0 Å². The zero-order chi connectivity index (χ0) is 16.5. The first-order valence-corrected chi connectivity index (χ1v) is 9.10. The van der Waals surface area contributed by atoms with Gasteiger partial charge in [-0.25, -0.2) is 0 Å². The van der Waals surface area contributed by atoms with Crippen molar-refractivity contribution in [1.82, 2.24) is 4.90 Å². The number of ether oxygens (including phenoxy) is 1. The van der Waals surface area contributed by atoms with Gasteiger partial charge >= 0.3 is 0 Å². The molecule has 0 unspecified atom stereocenters. The summed E-state index contributed by atoms with van der Waals surface area (Å²) in [7, 11) is 0. The molecule has 1 heterocycles. The van der Waals surface area contributed by atoms with Gasteiger partial charge in [-0.3, -0.25) is 9.59 Å². The lowest BCUT2D eigenvalue weighted by atomic mass is 10.2. The van der Waals surface area contributed by atoms with E-state index >= 15 is 0 Å². The Labute approximate surface area is 141 Å². The largest absolute Gasteiger partial charge is 0.378 e.